The number of piperazine rings is 1. The first kappa shape index (κ1) is 20.4. The Morgan fingerprint density at radius 3 is 2.40 bits per heavy atom. The fourth-order valence-corrected chi connectivity index (χ4v) is 3.82. The molecule has 6 heteroatoms. The summed E-state index contributed by atoms with van der Waals surface area (Å²) in [4.78, 5) is 25.9. The molecule has 1 fully saturated rings. The van der Waals surface area contributed by atoms with E-state index in [1.807, 2.05) is 65.6 Å². The maximum atomic E-state index is 12.6. The highest BCUT2D eigenvalue weighted by Gasteiger charge is 2.22. The van der Waals surface area contributed by atoms with Crippen LogP contribution in [0.1, 0.15) is 18.4 Å². The number of halogens is 1. The molecule has 1 aliphatic rings. The number of aryl methyl sites for hydroxylation is 1. The first-order chi connectivity index (χ1) is 14.7. The van der Waals surface area contributed by atoms with Gasteiger partial charge in [0.05, 0.1) is 0 Å². The predicted molar refractivity (Wildman–Crippen MR) is 121 cm³/mol. The average Bonchev–Trinajstić information content (AvgIpc) is 2.81. The third-order valence-corrected chi connectivity index (χ3v) is 5.65. The van der Waals surface area contributed by atoms with E-state index in [0.29, 0.717) is 6.42 Å². The van der Waals surface area contributed by atoms with Crippen molar-refractivity contribution in [3.8, 4) is 11.4 Å². The maximum absolute atomic E-state index is 12.6. The molecular formula is C24H25ClN4O. The zero-order chi connectivity index (χ0) is 20.8. The molecule has 0 radical (unpaired) electrons. The highest BCUT2D eigenvalue weighted by molar-refractivity contribution is 6.30. The van der Waals surface area contributed by atoms with E-state index in [1.54, 1.807) is 6.20 Å². The van der Waals surface area contributed by atoms with E-state index in [9.17, 15) is 4.79 Å². The first-order valence-electron chi connectivity index (χ1n) is 10.3. The Labute approximate surface area is 182 Å². The Bertz CT molecular complexity index is 970. The third-order valence-electron chi connectivity index (χ3n) is 5.40. The van der Waals surface area contributed by atoms with Crippen molar-refractivity contribution in [2.75, 3.05) is 31.1 Å². The van der Waals surface area contributed by atoms with E-state index < -0.39 is 0 Å². The van der Waals surface area contributed by atoms with Gasteiger partial charge in [0.15, 0.2) is 5.82 Å². The van der Waals surface area contributed by atoms with E-state index in [-0.39, 0.29) is 5.91 Å². The Morgan fingerprint density at radius 1 is 0.933 bits per heavy atom. The molecule has 0 spiro atoms. The summed E-state index contributed by atoms with van der Waals surface area (Å²) in [5.74, 6) is 1.88. The molecule has 0 N–H and O–H groups in total. The summed E-state index contributed by atoms with van der Waals surface area (Å²) in [5.41, 5.74) is 2.23. The zero-order valence-corrected chi connectivity index (χ0v) is 17.6. The minimum atomic E-state index is 0.233. The molecule has 1 aliphatic heterocycles. The van der Waals surface area contributed by atoms with Gasteiger partial charge in [0.25, 0.3) is 0 Å². The monoisotopic (exact) mass is 420 g/mol. The van der Waals surface area contributed by atoms with Gasteiger partial charge in [0.1, 0.15) is 5.82 Å². The second kappa shape index (κ2) is 9.72. The Morgan fingerprint density at radius 2 is 1.67 bits per heavy atom. The lowest BCUT2D eigenvalue weighted by molar-refractivity contribution is -0.131. The summed E-state index contributed by atoms with van der Waals surface area (Å²) in [6.07, 6.45) is 4.13. The summed E-state index contributed by atoms with van der Waals surface area (Å²) in [5, 5.41) is 0.743. The van der Waals surface area contributed by atoms with Gasteiger partial charge in [0, 0.05) is 49.4 Å². The molecule has 2 aromatic carbocycles. The molecule has 0 bridgehead atoms. The van der Waals surface area contributed by atoms with Crippen LogP contribution in [0.3, 0.4) is 0 Å². The number of nitrogens with zero attached hydrogens (tertiary/aromatic N) is 4. The summed E-state index contributed by atoms with van der Waals surface area (Å²) in [6, 6.07) is 19.8. The van der Waals surface area contributed by atoms with Gasteiger partial charge >= 0.3 is 0 Å². The summed E-state index contributed by atoms with van der Waals surface area (Å²) in [6.45, 7) is 3.03. The number of hydrogen-bond acceptors (Lipinski definition) is 4. The van der Waals surface area contributed by atoms with Crippen LogP contribution in [-0.2, 0) is 11.2 Å². The molecule has 2 heterocycles. The van der Waals surface area contributed by atoms with Crippen molar-refractivity contribution < 1.29 is 4.79 Å². The molecule has 1 amide bonds. The topological polar surface area (TPSA) is 49.3 Å². The molecule has 154 valence electrons. The lowest BCUT2D eigenvalue weighted by atomic mass is 10.1. The second-order valence-electron chi connectivity index (χ2n) is 7.45. The fraction of sp³-hybridized carbons (Fsp3) is 0.292. The number of carbonyl (C=O) groups is 1. The number of rotatable bonds is 6. The van der Waals surface area contributed by atoms with Gasteiger partial charge < -0.3 is 9.80 Å². The molecule has 3 aromatic rings. The molecule has 0 atom stereocenters. The summed E-state index contributed by atoms with van der Waals surface area (Å²) < 4.78 is 0. The minimum Gasteiger partial charge on any atom is -0.353 e. The lowest BCUT2D eigenvalue weighted by Crippen LogP contribution is -2.49. The number of benzene rings is 2. The van der Waals surface area contributed by atoms with Crippen molar-refractivity contribution >= 4 is 23.3 Å². The Kier molecular flexibility index (Phi) is 6.60. The van der Waals surface area contributed by atoms with E-state index in [1.165, 1.54) is 5.56 Å². The quantitative estimate of drug-likeness (QED) is 0.590. The van der Waals surface area contributed by atoms with Crippen molar-refractivity contribution in [2.24, 2.45) is 0 Å². The SMILES string of the molecule is O=C(CCCc1ccc(Cl)cc1)N1CCN(c2ccnc(-c3ccccc3)n2)CC1. The zero-order valence-electron chi connectivity index (χ0n) is 16.9. The fourth-order valence-electron chi connectivity index (χ4n) is 3.69. The number of anilines is 1. The van der Waals surface area contributed by atoms with E-state index in [2.05, 4.69) is 9.88 Å². The van der Waals surface area contributed by atoms with Gasteiger partial charge in [-0.15, -0.1) is 0 Å². The molecule has 0 aliphatic carbocycles. The molecular weight excluding hydrogens is 396 g/mol. The predicted octanol–water partition coefficient (Wildman–Crippen LogP) is 4.47. The van der Waals surface area contributed by atoms with Crippen LogP contribution in [0, 0.1) is 0 Å². The van der Waals surface area contributed by atoms with E-state index in [4.69, 9.17) is 16.6 Å². The molecule has 0 unspecified atom stereocenters. The largest absolute Gasteiger partial charge is 0.353 e. The maximum Gasteiger partial charge on any atom is 0.222 e. The van der Waals surface area contributed by atoms with Crippen LogP contribution < -0.4 is 4.90 Å². The van der Waals surface area contributed by atoms with Crippen LogP contribution in [0.4, 0.5) is 5.82 Å². The molecule has 4 rings (SSSR count). The van der Waals surface area contributed by atoms with Crippen molar-refractivity contribution in [2.45, 2.75) is 19.3 Å². The van der Waals surface area contributed by atoms with Crippen molar-refractivity contribution in [1.29, 1.82) is 0 Å². The van der Waals surface area contributed by atoms with Crippen LogP contribution in [0.15, 0.2) is 66.9 Å². The van der Waals surface area contributed by atoms with Gasteiger partial charge in [-0.3, -0.25) is 4.79 Å². The number of hydrogen-bond donors (Lipinski definition) is 0. The normalized spacial score (nSPS) is 14.0. The number of carbonyl (C=O) groups excluding carboxylic acids is 1. The lowest BCUT2D eigenvalue weighted by Gasteiger charge is -2.35. The average molecular weight is 421 g/mol. The van der Waals surface area contributed by atoms with Crippen LogP contribution >= 0.6 is 11.6 Å². The van der Waals surface area contributed by atoms with Crippen LogP contribution in [0.5, 0.6) is 0 Å². The smallest absolute Gasteiger partial charge is 0.222 e. The van der Waals surface area contributed by atoms with Gasteiger partial charge in [0.2, 0.25) is 5.91 Å². The van der Waals surface area contributed by atoms with Crippen molar-refractivity contribution in [3.05, 3.63) is 77.4 Å². The highest BCUT2D eigenvalue weighted by atomic mass is 35.5. The van der Waals surface area contributed by atoms with E-state index in [0.717, 1.165) is 61.2 Å². The molecule has 1 aromatic heterocycles. The molecule has 0 saturated carbocycles. The first-order valence-corrected chi connectivity index (χ1v) is 10.7. The molecule has 1 saturated heterocycles. The van der Waals surface area contributed by atoms with Crippen molar-refractivity contribution in [1.82, 2.24) is 14.9 Å². The van der Waals surface area contributed by atoms with E-state index >= 15 is 0 Å². The van der Waals surface area contributed by atoms with Gasteiger partial charge in [-0.1, -0.05) is 54.1 Å². The molecule has 5 nitrogen and oxygen atoms in total. The standard InChI is InChI=1S/C24H25ClN4O/c25-21-11-9-19(10-12-21)5-4-8-23(30)29-17-15-28(16-18-29)22-13-14-26-24(27-22)20-6-2-1-3-7-20/h1-3,6-7,9-14H,4-5,8,15-18H2. The minimum absolute atomic E-state index is 0.233. The second-order valence-corrected chi connectivity index (χ2v) is 7.89. The Balaban J connectivity index is 1.27. The van der Waals surface area contributed by atoms with Crippen LogP contribution in [0.25, 0.3) is 11.4 Å². The van der Waals surface area contributed by atoms with Crippen molar-refractivity contribution in [3.63, 3.8) is 0 Å². The van der Waals surface area contributed by atoms with Crippen LogP contribution in [-0.4, -0.2) is 47.0 Å². The highest BCUT2D eigenvalue weighted by Crippen LogP contribution is 2.19. The number of aromatic nitrogens is 2. The molecule has 30 heavy (non-hydrogen) atoms. The van der Waals surface area contributed by atoms with Gasteiger partial charge in [-0.05, 0) is 36.6 Å². The number of amides is 1. The summed E-state index contributed by atoms with van der Waals surface area (Å²) in [7, 11) is 0. The van der Waals surface area contributed by atoms with Gasteiger partial charge in [-0.2, -0.15) is 0 Å². The van der Waals surface area contributed by atoms with Gasteiger partial charge in [-0.25, -0.2) is 9.97 Å². The Hall–Kier alpha value is -2.92. The summed E-state index contributed by atoms with van der Waals surface area (Å²) >= 11 is 5.92. The third kappa shape index (κ3) is 5.16. The van der Waals surface area contributed by atoms with Crippen LogP contribution in [0.2, 0.25) is 5.02 Å².